The zero-order valence-electron chi connectivity index (χ0n) is 15.7. The molecular formula is C20H24O7. The van der Waals surface area contributed by atoms with E-state index in [-0.39, 0.29) is 18.3 Å². The molecule has 7 nitrogen and oxygen atoms in total. The van der Waals surface area contributed by atoms with Gasteiger partial charge in [-0.3, -0.25) is 14.4 Å². The van der Waals surface area contributed by atoms with Crippen molar-refractivity contribution in [2.75, 3.05) is 7.11 Å². The molecule has 4 rings (SSSR count). The Morgan fingerprint density at radius 2 is 2.15 bits per heavy atom. The third-order valence-electron chi connectivity index (χ3n) is 7.43. The lowest BCUT2D eigenvalue weighted by Gasteiger charge is -2.55. The number of hydrogen-bond donors (Lipinski definition) is 1. The Morgan fingerprint density at radius 3 is 2.74 bits per heavy atom. The van der Waals surface area contributed by atoms with Gasteiger partial charge in [-0.1, -0.05) is 26.0 Å². The van der Waals surface area contributed by atoms with Gasteiger partial charge in [-0.05, 0) is 18.4 Å². The minimum atomic E-state index is -1.22. The first-order valence-corrected chi connectivity index (χ1v) is 9.18. The normalized spacial score (nSPS) is 46.9. The predicted molar refractivity (Wildman–Crippen MR) is 92.2 cm³/mol. The second-order valence-corrected chi connectivity index (χ2v) is 8.54. The molecule has 0 amide bonds. The van der Waals surface area contributed by atoms with Gasteiger partial charge in [-0.2, -0.15) is 0 Å². The van der Waals surface area contributed by atoms with E-state index in [0.29, 0.717) is 18.4 Å². The molecule has 2 saturated heterocycles. The minimum Gasteiger partial charge on any atom is -0.481 e. The summed E-state index contributed by atoms with van der Waals surface area (Å²) in [5, 5.41) is 10.2. The molecule has 3 fully saturated rings. The molecule has 0 aromatic heterocycles. The first-order valence-electron chi connectivity index (χ1n) is 9.18. The first-order chi connectivity index (χ1) is 12.6. The van der Waals surface area contributed by atoms with Gasteiger partial charge in [0.25, 0.3) is 0 Å². The van der Waals surface area contributed by atoms with Crippen LogP contribution in [0.5, 0.6) is 0 Å². The minimum absolute atomic E-state index is 0.115. The van der Waals surface area contributed by atoms with Crippen LogP contribution in [0.15, 0.2) is 24.3 Å². The summed E-state index contributed by atoms with van der Waals surface area (Å²) in [5.74, 6) is -3.63. The summed E-state index contributed by atoms with van der Waals surface area (Å²) in [6.07, 6.45) is 3.71. The van der Waals surface area contributed by atoms with Gasteiger partial charge in [0.2, 0.25) is 6.29 Å². The Morgan fingerprint density at radius 1 is 1.44 bits per heavy atom. The monoisotopic (exact) mass is 376 g/mol. The summed E-state index contributed by atoms with van der Waals surface area (Å²) in [4.78, 5) is 37.0. The van der Waals surface area contributed by atoms with E-state index in [1.54, 1.807) is 12.2 Å². The zero-order chi connectivity index (χ0) is 19.8. The summed E-state index contributed by atoms with van der Waals surface area (Å²) < 4.78 is 16.6. The number of hydrogen-bond acceptors (Lipinski definition) is 6. The number of carboxylic acid groups (broad SMARTS) is 1. The largest absolute Gasteiger partial charge is 0.481 e. The quantitative estimate of drug-likeness (QED) is 0.592. The van der Waals surface area contributed by atoms with E-state index < -0.39 is 46.5 Å². The van der Waals surface area contributed by atoms with Crippen LogP contribution < -0.4 is 0 Å². The highest BCUT2D eigenvalue weighted by Gasteiger charge is 2.78. The number of carboxylic acids is 1. The summed E-state index contributed by atoms with van der Waals surface area (Å²) in [6, 6.07) is 0. The summed E-state index contributed by atoms with van der Waals surface area (Å²) in [7, 11) is 1.28. The van der Waals surface area contributed by atoms with Crippen molar-refractivity contribution in [1.29, 1.82) is 0 Å². The van der Waals surface area contributed by atoms with E-state index in [4.69, 9.17) is 14.2 Å². The first kappa shape index (κ1) is 18.2. The van der Waals surface area contributed by atoms with Gasteiger partial charge in [0.1, 0.15) is 5.60 Å². The van der Waals surface area contributed by atoms with Crippen molar-refractivity contribution in [3.63, 3.8) is 0 Å². The number of rotatable bonds is 4. The van der Waals surface area contributed by atoms with E-state index in [9.17, 15) is 19.5 Å². The smallest absolute Gasteiger partial charge is 0.315 e. The Balaban J connectivity index is 1.96. The number of methoxy groups -OCH3 is 1. The molecule has 7 unspecified atom stereocenters. The molecule has 27 heavy (non-hydrogen) atoms. The number of ether oxygens (including phenoxy) is 3. The standard InChI is InChI=1S/C20H24O7/c1-5-18(2)7-6-12-19(3)11-8-10(9-13(21)25-4)20(12,14(18)15(22)23)27-17(19)26-16(11)24/h5,8,11-12,14,17H,1,6-7,9H2,2-4H3,(H,22,23). The van der Waals surface area contributed by atoms with Gasteiger partial charge in [-0.15, -0.1) is 6.58 Å². The van der Waals surface area contributed by atoms with Crippen molar-refractivity contribution in [3.05, 3.63) is 24.3 Å². The number of carbonyl (C=O) groups is 3. The highest BCUT2D eigenvalue weighted by molar-refractivity contribution is 5.83. The Labute approximate surface area is 157 Å². The lowest BCUT2D eigenvalue weighted by atomic mass is 9.47. The Hall–Kier alpha value is -2.15. The summed E-state index contributed by atoms with van der Waals surface area (Å²) in [5.41, 5.74) is -2.07. The molecule has 0 aromatic carbocycles. The van der Waals surface area contributed by atoms with Crippen LogP contribution in [0, 0.1) is 28.6 Å². The van der Waals surface area contributed by atoms with E-state index in [0.717, 1.165) is 0 Å². The van der Waals surface area contributed by atoms with Crippen molar-refractivity contribution in [3.8, 4) is 0 Å². The highest BCUT2D eigenvalue weighted by Crippen LogP contribution is 2.71. The average Bonchev–Trinajstić information content (AvgIpc) is 2.95. The van der Waals surface area contributed by atoms with E-state index in [2.05, 4.69) is 6.58 Å². The third kappa shape index (κ3) is 1.98. The van der Waals surface area contributed by atoms with Crippen LogP contribution in [0.4, 0.5) is 0 Å². The fourth-order valence-electron chi connectivity index (χ4n) is 6.02. The molecule has 2 heterocycles. The average molecular weight is 376 g/mol. The molecule has 1 saturated carbocycles. The van der Waals surface area contributed by atoms with E-state index >= 15 is 0 Å². The third-order valence-corrected chi connectivity index (χ3v) is 7.43. The molecule has 0 radical (unpaired) electrons. The molecule has 2 aliphatic carbocycles. The molecule has 146 valence electrons. The number of allylic oxidation sites excluding steroid dienone is 1. The maximum Gasteiger partial charge on any atom is 0.315 e. The van der Waals surface area contributed by atoms with E-state index in [1.165, 1.54) is 7.11 Å². The van der Waals surface area contributed by atoms with Gasteiger partial charge in [0.15, 0.2) is 0 Å². The summed E-state index contributed by atoms with van der Waals surface area (Å²) in [6.45, 7) is 7.66. The number of esters is 2. The second kappa shape index (κ2) is 5.44. The van der Waals surface area contributed by atoms with E-state index in [1.807, 2.05) is 13.8 Å². The fraction of sp³-hybridized carbons (Fsp3) is 0.650. The summed E-state index contributed by atoms with van der Waals surface area (Å²) >= 11 is 0. The molecule has 7 heteroatoms. The predicted octanol–water partition coefficient (Wildman–Crippen LogP) is 2.07. The Bertz CT molecular complexity index is 785. The lowest BCUT2D eigenvalue weighted by Crippen LogP contribution is -2.62. The van der Waals surface area contributed by atoms with Crippen LogP contribution in [-0.4, -0.2) is 42.0 Å². The van der Waals surface area contributed by atoms with Crippen LogP contribution in [-0.2, 0) is 28.6 Å². The van der Waals surface area contributed by atoms with Gasteiger partial charge in [0.05, 0.1) is 30.8 Å². The zero-order valence-corrected chi connectivity index (χ0v) is 15.7. The van der Waals surface area contributed by atoms with Crippen LogP contribution in [0.1, 0.15) is 33.1 Å². The van der Waals surface area contributed by atoms with Crippen molar-refractivity contribution in [1.82, 2.24) is 0 Å². The fourth-order valence-corrected chi connectivity index (χ4v) is 6.02. The van der Waals surface area contributed by atoms with Crippen molar-refractivity contribution >= 4 is 17.9 Å². The SMILES string of the molecule is C=CC1(C)CCC2C3(OC4OC(=O)C(C=C3CC(=O)OC)C42C)C1C(=O)O. The van der Waals surface area contributed by atoms with Crippen LogP contribution in [0.3, 0.4) is 0 Å². The van der Waals surface area contributed by atoms with Gasteiger partial charge in [-0.25, -0.2) is 0 Å². The number of carbonyl (C=O) groups excluding carboxylic acids is 2. The second-order valence-electron chi connectivity index (χ2n) is 8.54. The highest BCUT2D eigenvalue weighted by atomic mass is 16.7. The van der Waals surface area contributed by atoms with Crippen LogP contribution in [0.2, 0.25) is 0 Å². The van der Waals surface area contributed by atoms with Gasteiger partial charge >= 0.3 is 17.9 Å². The lowest BCUT2D eigenvalue weighted by molar-refractivity contribution is -0.204. The molecule has 4 aliphatic rings. The molecular weight excluding hydrogens is 352 g/mol. The van der Waals surface area contributed by atoms with Crippen LogP contribution in [0.25, 0.3) is 0 Å². The Kier molecular flexibility index (Phi) is 3.67. The van der Waals surface area contributed by atoms with Crippen molar-refractivity contribution in [2.24, 2.45) is 28.6 Å². The molecule has 1 N–H and O–H groups in total. The maximum absolute atomic E-state index is 12.5. The van der Waals surface area contributed by atoms with Crippen LogP contribution >= 0.6 is 0 Å². The molecule has 2 bridgehead atoms. The molecule has 0 aromatic rings. The van der Waals surface area contributed by atoms with Crippen molar-refractivity contribution in [2.45, 2.75) is 45.0 Å². The topological polar surface area (TPSA) is 99.1 Å². The van der Waals surface area contributed by atoms with Crippen molar-refractivity contribution < 1.29 is 33.7 Å². The molecule has 0 spiro atoms. The molecule has 7 atom stereocenters. The molecule has 2 aliphatic heterocycles. The van der Waals surface area contributed by atoms with Gasteiger partial charge in [0, 0.05) is 11.3 Å². The maximum atomic E-state index is 12.5. The number of aliphatic carboxylic acids is 1. The van der Waals surface area contributed by atoms with Gasteiger partial charge < -0.3 is 19.3 Å².